The average molecular weight is 399 g/mol. The van der Waals surface area contributed by atoms with Crippen LogP contribution in [0.25, 0.3) is 11.4 Å². The number of benzene rings is 2. The third-order valence-electron chi connectivity index (χ3n) is 4.80. The Hall–Kier alpha value is -2.57. The zero-order chi connectivity index (χ0) is 19.3. The summed E-state index contributed by atoms with van der Waals surface area (Å²) in [6, 6.07) is 15.8. The Kier molecular flexibility index (Phi) is 5.78. The molecule has 0 atom stereocenters. The number of piperazine rings is 1. The molecule has 0 amide bonds. The van der Waals surface area contributed by atoms with Gasteiger partial charge in [-0.15, -0.1) is 0 Å². The topological polar surface area (TPSA) is 54.6 Å². The molecule has 0 saturated carbocycles. The normalized spacial score (nSPS) is 15.0. The summed E-state index contributed by atoms with van der Waals surface area (Å²) < 4.78 is 11.2. The van der Waals surface area contributed by atoms with Crippen LogP contribution >= 0.6 is 11.6 Å². The highest BCUT2D eigenvalue weighted by Crippen LogP contribution is 2.28. The molecule has 0 unspecified atom stereocenters. The Balaban J connectivity index is 1.38. The van der Waals surface area contributed by atoms with Crippen LogP contribution in [0, 0.1) is 0 Å². The summed E-state index contributed by atoms with van der Waals surface area (Å²) in [5.41, 5.74) is 2.02. The van der Waals surface area contributed by atoms with Gasteiger partial charge in [0.05, 0.1) is 18.7 Å². The van der Waals surface area contributed by atoms with Gasteiger partial charge in [-0.1, -0.05) is 35.0 Å². The van der Waals surface area contributed by atoms with Gasteiger partial charge in [-0.25, -0.2) is 0 Å². The smallest absolute Gasteiger partial charge is 0.241 e. The van der Waals surface area contributed by atoms with E-state index in [1.54, 1.807) is 0 Å². The van der Waals surface area contributed by atoms with E-state index in [1.807, 2.05) is 49.4 Å². The van der Waals surface area contributed by atoms with Crippen molar-refractivity contribution < 1.29 is 9.26 Å². The van der Waals surface area contributed by atoms with E-state index in [1.165, 1.54) is 5.69 Å². The minimum atomic E-state index is 0.566. The standard InChI is InChI=1S/C21H23ClN4O2/c1-2-27-19-9-4-3-8-18(19)21-23-20(28-24-21)15-25-10-12-26(13-11-25)17-7-5-6-16(22)14-17/h3-9,14H,2,10-13,15H2,1H3. The zero-order valence-electron chi connectivity index (χ0n) is 15.8. The van der Waals surface area contributed by atoms with Crippen LogP contribution in [0.5, 0.6) is 5.75 Å². The molecule has 6 nitrogen and oxygen atoms in total. The molecule has 1 saturated heterocycles. The van der Waals surface area contributed by atoms with Gasteiger partial charge in [-0.05, 0) is 37.3 Å². The number of aromatic nitrogens is 2. The molecule has 146 valence electrons. The molecule has 7 heteroatoms. The predicted octanol–water partition coefficient (Wildman–Crippen LogP) is 4.11. The predicted molar refractivity (Wildman–Crippen MR) is 110 cm³/mol. The van der Waals surface area contributed by atoms with Crippen molar-refractivity contribution >= 4 is 17.3 Å². The maximum Gasteiger partial charge on any atom is 0.241 e. The third kappa shape index (κ3) is 4.29. The fraction of sp³-hybridized carbons (Fsp3) is 0.333. The van der Waals surface area contributed by atoms with Crippen molar-refractivity contribution in [2.24, 2.45) is 0 Å². The number of hydrogen-bond acceptors (Lipinski definition) is 6. The SMILES string of the molecule is CCOc1ccccc1-c1noc(CN2CCN(c3cccc(Cl)c3)CC2)n1. The summed E-state index contributed by atoms with van der Waals surface area (Å²) in [4.78, 5) is 9.25. The van der Waals surface area contributed by atoms with Crippen molar-refractivity contribution in [1.29, 1.82) is 0 Å². The van der Waals surface area contributed by atoms with Gasteiger partial charge in [0.1, 0.15) is 5.75 Å². The molecule has 0 spiro atoms. The van der Waals surface area contributed by atoms with Gasteiger partial charge in [0.25, 0.3) is 0 Å². The zero-order valence-corrected chi connectivity index (χ0v) is 16.6. The Morgan fingerprint density at radius 1 is 1.07 bits per heavy atom. The van der Waals surface area contributed by atoms with E-state index in [4.69, 9.17) is 20.9 Å². The summed E-state index contributed by atoms with van der Waals surface area (Å²) in [7, 11) is 0. The van der Waals surface area contributed by atoms with E-state index in [0.29, 0.717) is 24.9 Å². The fourth-order valence-electron chi connectivity index (χ4n) is 3.39. The molecule has 1 fully saturated rings. The number of para-hydroxylation sites is 1. The van der Waals surface area contributed by atoms with Gasteiger partial charge in [0.15, 0.2) is 0 Å². The molecule has 0 aliphatic carbocycles. The molecule has 4 rings (SSSR count). The number of nitrogens with zero attached hydrogens (tertiary/aromatic N) is 4. The maximum atomic E-state index is 6.11. The Bertz CT molecular complexity index is 922. The van der Waals surface area contributed by atoms with Gasteiger partial charge in [0.2, 0.25) is 11.7 Å². The molecular formula is C21H23ClN4O2. The molecule has 1 aliphatic rings. The Labute approximate surface area is 169 Å². The lowest BCUT2D eigenvalue weighted by Gasteiger charge is -2.35. The molecule has 3 aromatic rings. The van der Waals surface area contributed by atoms with E-state index < -0.39 is 0 Å². The van der Waals surface area contributed by atoms with Gasteiger partial charge in [-0.3, -0.25) is 4.90 Å². The van der Waals surface area contributed by atoms with Crippen LogP contribution in [0.1, 0.15) is 12.8 Å². The Morgan fingerprint density at radius 2 is 1.89 bits per heavy atom. The molecule has 2 heterocycles. The highest BCUT2D eigenvalue weighted by Gasteiger charge is 2.20. The minimum Gasteiger partial charge on any atom is -0.493 e. The lowest BCUT2D eigenvalue weighted by atomic mass is 10.2. The maximum absolute atomic E-state index is 6.11. The van der Waals surface area contributed by atoms with Crippen molar-refractivity contribution in [1.82, 2.24) is 15.0 Å². The minimum absolute atomic E-state index is 0.566. The first-order chi connectivity index (χ1) is 13.7. The monoisotopic (exact) mass is 398 g/mol. The average Bonchev–Trinajstić information content (AvgIpc) is 3.17. The van der Waals surface area contributed by atoms with Crippen molar-refractivity contribution in [2.75, 3.05) is 37.7 Å². The first-order valence-corrected chi connectivity index (χ1v) is 9.88. The summed E-state index contributed by atoms with van der Waals surface area (Å²) in [5, 5.41) is 4.92. The largest absolute Gasteiger partial charge is 0.493 e. The Morgan fingerprint density at radius 3 is 2.68 bits per heavy atom. The van der Waals surface area contributed by atoms with E-state index in [9.17, 15) is 0 Å². The second kappa shape index (κ2) is 8.63. The number of ether oxygens (including phenoxy) is 1. The summed E-state index contributed by atoms with van der Waals surface area (Å²) >= 11 is 6.11. The van der Waals surface area contributed by atoms with Crippen LogP contribution in [0.2, 0.25) is 5.02 Å². The summed E-state index contributed by atoms with van der Waals surface area (Å²) in [6.45, 7) is 6.94. The van der Waals surface area contributed by atoms with E-state index in [0.717, 1.165) is 42.5 Å². The van der Waals surface area contributed by atoms with Gasteiger partial charge in [0, 0.05) is 36.9 Å². The van der Waals surface area contributed by atoms with Crippen LogP contribution in [-0.4, -0.2) is 47.8 Å². The third-order valence-corrected chi connectivity index (χ3v) is 5.04. The van der Waals surface area contributed by atoms with Gasteiger partial charge < -0.3 is 14.2 Å². The van der Waals surface area contributed by atoms with Crippen LogP contribution in [-0.2, 0) is 6.54 Å². The number of halogens is 1. The first kappa shape index (κ1) is 18.8. The number of hydrogen-bond donors (Lipinski definition) is 0. The van der Waals surface area contributed by atoms with E-state index in [2.05, 4.69) is 26.0 Å². The van der Waals surface area contributed by atoms with E-state index >= 15 is 0 Å². The molecular weight excluding hydrogens is 376 g/mol. The highest BCUT2D eigenvalue weighted by molar-refractivity contribution is 6.30. The van der Waals surface area contributed by atoms with Crippen molar-refractivity contribution in [3.8, 4) is 17.1 Å². The van der Waals surface area contributed by atoms with Gasteiger partial charge >= 0.3 is 0 Å². The summed E-state index contributed by atoms with van der Waals surface area (Å²) in [6.07, 6.45) is 0. The fourth-order valence-corrected chi connectivity index (χ4v) is 3.57. The lowest BCUT2D eigenvalue weighted by molar-refractivity contribution is 0.215. The molecule has 28 heavy (non-hydrogen) atoms. The van der Waals surface area contributed by atoms with Crippen LogP contribution in [0.4, 0.5) is 5.69 Å². The second-order valence-corrected chi connectivity index (χ2v) is 7.12. The molecule has 1 aliphatic heterocycles. The second-order valence-electron chi connectivity index (χ2n) is 6.68. The molecule has 1 aromatic heterocycles. The van der Waals surface area contributed by atoms with Crippen molar-refractivity contribution in [2.45, 2.75) is 13.5 Å². The number of anilines is 1. The quantitative estimate of drug-likeness (QED) is 0.622. The van der Waals surface area contributed by atoms with Crippen LogP contribution < -0.4 is 9.64 Å². The molecule has 0 N–H and O–H groups in total. The van der Waals surface area contributed by atoms with Crippen LogP contribution in [0.15, 0.2) is 53.1 Å². The van der Waals surface area contributed by atoms with Gasteiger partial charge in [-0.2, -0.15) is 4.98 Å². The molecule has 0 radical (unpaired) electrons. The highest BCUT2D eigenvalue weighted by atomic mass is 35.5. The first-order valence-electron chi connectivity index (χ1n) is 9.50. The molecule has 0 bridgehead atoms. The van der Waals surface area contributed by atoms with Crippen molar-refractivity contribution in [3.63, 3.8) is 0 Å². The van der Waals surface area contributed by atoms with Crippen LogP contribution in [0.3, 0.4) is 0 Å². The molecule has 2 aromatic carbocycles. The summed E-state index contributed by atoms with van der Waals surface area (Å²) in [5.74, 6) is 1.96. The van der Waals surface area contributed by atoms with E-state index in [-0.39, 0.29) is 0 Å². The van der Waals surface area contributed by atoms with Crippen molar-refractivity contribution in [3.05, 3.63) is 59.4 Å². The lowest BCUT2D eigenvalue weighted by Crippen LogP contribution is -2.46. The number of rotatable bonds is 6.